The molecule has 0 atom stereocenters. The van der Waals surface area contributed by atoms with Gasteiger partial charge in [-0.25, -0.2) is 4.39 Å². The molecule has 0 bridgehead atoms. The van der Waals surface area contributed by atoms with Gasteiger partial charge in [0.25, 0.3) is 0 Å². The molecule has 23 heavy (non-hydrogen) atoms. The van der Waals surface area contributed by atoms with Gasteiger partial charge in [0.05, 0.1) is 5.75 Å². The zero-order chi connectivity index (χ0) is 16.8. The maximum Gasteiger partial charge on any atom is 0.234 e. The van der Waals surface area contributed by atoms with E-state index in [0.29, 0.717) is 23.0 Å². The van der Waals surface area contributed by atoms with Crippen LogP contribution in [0.4, 0.5) is 10.1 Å². The summed E-state index contributed by atoms with van der Waals surface area (Å²) in [5.41, 5.74) is 0.988. The van der Waals surface area contributed by atoms with Gasteiger partial charge in [-0.2, -0.15) is 0 Å². The number of amides is 1. The second-order valence-electron chi connectivity index (χ2n) is 4.95. The number of aromatic nitrogens is 3. The van der Waals surface area contributed by atoms with E-state index < -0.39 is 0 Å². The molecule has 0 aliphatic carbocycles. The molecule has 0 aliphatic rings. The number of nitrogens with one attached hydrogen (secondary N) is 1. The van der Waals surface area contributed by atoms with E-state index in [1.165, 1.54) is 17.8 Å². The minimum atomic E-state index is -0.339. The number of hydrogen-bond donors (Lipinski definition) is 1. The average Bonchev–Trinajstić information content (AvgIpc) is 2.91. The maximum atomic E-state index is 13.5. The van der Waals surface area contributed by atoms with E-state index in [2.05, 4.69) is 22.1 Å². The number of carbonyl (C=O) groups is 1. The number of benzene rings is 1. The highest BCUT2D eigenvalue weighted by Crippen LogP contribution is 2.19. The summed E-state index contributed by atoms with van der Waals surface area (Å²) in [6, 6.07) is 4.62. The fourth-order valence-electron chi connectivity index (χ4n) is 2.00. The molecule has 1 N–H and O–H groups in total. The van der Waals surface area contributed by atoms with E-state index in [4.69, 9.17) is 0 Å². The molecule has 1 aromatic carbocycles. The third-order valence-electron chi connectivity index (χ3n) is 3.21. The largest absolute Gasteiger partial charge is 0.325 e. The molecule has 0 fully saturated rings. The first-order valence-electron chi connectivity index (χ1n) is 7.27. The van der Waals surface area contributed by atoms with Crippen molar-refractivity contribution in [3.8, 4) is 0 Å². The Morgan fingerprint density at radius 3 is 2.91 bits per heavy atom. The van der Waals surface area contributed by atoms with E-state index in [1.807, 2.05) is 11.5 Å². The predicted octanol–water partition coefficient (Wildman–Crippen LogP) is 3.20. The molecule has 7 heteroatoms. The normalized spacial score (nSPS) is 10.6. The first-order chi connectivity index (χ1) is 11.0. The lowest BCUT2D eigenvalue weighted by Gasteiger charge is -2.08. The summed E-state index contributed by atoms with van der Waals surface area (Å²) < 4.78 is 15.4. The molecular formula is C16H19FN4OS. The minimum Gasteiger partial charge on any atom is -0.325 e. The molecule has 0 radical (unpaired) electrons. The number of allylic oxidation sites excluding steroid dienone is 1. The molecule has 2 rings (SSSR count). The fraction of sp³-hybridized carbons (Fsp3) is 0.312. The summed E-state index contributed by atoms with van der Waals surface area (Å²) in [5.74, 6) is 0.473. The molecule has 1 amide bonds. The van der Waals surface area contributed by atoms with Crippen LogP contribution in [-0.4, -0.2) is 26.4 Å². The van der Waals surface area contributed by atoms with E-state index in [0.717, 1.165) is 12.2 Å². The molecule has 1 heterocycles. The summed E-state index contributed by atoms with van der Waals surface area (Å²) in [6.07, 6.45) is 2.53. The van der Waals surface area contributed by atoms with E-state index >= 15 is 0 Å². The van der Waals surface area contributed by atoms with Gasteiger partial charge in [0.2, 0.25) is 5.91 Å². The fourth-order valence-corrected chi connectivity index (χ4v) is 2.76. The van der Waals surface area contributed by atoms with Gasteiger partial charge in [-0.05, 0) is 24.6 Å². The summed E-state index contributed by atoms with van der Waals surface area (Å²) >= 11 is 1.29. The van der Waals surface area contributed by atoms with Gasteiger partial charge in [0.15, 0.2) is 5.16 Å². The van der Waals surface area contributed by atoms with Crippen LogP contribution in [0.3, 0.4) is 0 Å². The number of rotatable bonds is 7. The lowest BCUT2D eigenvalue weighted by Crippen LogP contribution is -2.15. The monoisotopic (exact) mass is 334 g/mol. The SMILES string of the molecule is C=CCn1c(CC)nnc1SCC(=O)Nc1ccc(C)c(F)c1. The van der Waals surface area contributed by atoms with Crippen molar-refractivity contribution in [2.24, 2.45) is 0 Å². The second-order valence-corrected chi connectivity index (χ2v) is 5.89. The van der Waals surface area contributed by atoms with E-state index in [-0.39, 0.29) is 17.5 Å². The van der Waals surface area contributed by atoms with Crippen molar-refractivity contribution in [1.82, 2.24) is 14.8 Å². The molecule has 0 saturated carbocycles. The first-order valence-corrected chi connectivity index (χ1v) is 8.25. The average molecular weight is 334 g/mol. The minimum absolute atomic E-state index is 0.175. The maximum absolute atomic E-state index is 13.5. The van der Waals surface area contributed by atoms with Crippen molar-refractivity contribution in [2.45, 2.75) is 32.0 Å². The standard InChI is InChI=1S/C16H19FN4OS/c1-4-8-21-14(5-2)19-20-16(21)23-10-15(22)18-12-7-6-11(3)13(17)9-12/h4,6-7,9H,1,5,8,10H2,2-3H3,(H,18,22). The summed E-state index contributed by atoms with van der Waals surface area (Å²) in [7, 11) is 0. The molecule has 5 nitrogen and oxygen atoms in total. The Hall–Kier alpha value is -2.15. The zero-order valence-electron chi connectivity index (χ0n) is 13.2. The molecule has 1 aromatic heterocycles. The number of anilines is 1. The molecular weight excluding hydrogens is 315 g/mol. The Labute approximate surface area is 139 Å². The molecule has 122 valence electrons. The van der Waals surface area contributed by atoms with Gasteiger partial charge in [-0.15, -0.1) is 16.8 Å². The highest BCUT2D eigenvalue weighted by Gasteiger charge is 2.12. The third kappa shape index (κ3) is 4.41. The van der Waals surface area contributed by atoms with Crippen molar-refractivity contribution in [3.05, 3.63) is 48.1 Å². The van der Waals surface area contributed by atoms with Gasteiger partial charge in [-0.3, -0.25) is 4.79 Å². The molecule has 2 aromatic rings. The van der Waals surface area contributed by atoms with Crippen LogP contribution >= 0.6 is 11.8 Å². The molecule has 0 spiro atoms. The quantitative estimate of drug-likeness (QED) is 0.624. The summed E-state index contributed by atoms with van der Waals surface area (Å²) in [5, 5.41) is 11.5. The van der Waals surface area contributed by atoms with Crippen LogP contribution in [0.2, 0.25) is 0 Å². The van der Waals surface area contributed by atoms with E-state index in [9.17, 15) is 9.18 Å². The van der Waals surface area contributed by atoms with Crippen LogP contribution in [0.5, 0.6) is 0 Å². The van der Waals surface area contributed by atoms with Gasteiger partial charge in [0, 0.05) is 18.7 Å². The van der Waals surface area contributed by atoms with E-state index in [1.54, 1.807) is 25.1 Å². The topological polar surface area (TPSA) is 59.8 Å². The van der Waals surface area contributed by atoms with Gasteiger partial charge >= 0.3 is 0 Å². The molecule has 0 aliphatic heterocycles. The number of halogens is 1. The number of thioether (sulfide) groups is 1. The summed E-state index contributed by atoms with van der Waals surface area (Å²) in [6.45, 7) is 7.99. The zero-order valence-corrected chi connectivity index (χ0v) is 14.0. The van der Waals surface area contributed by atoms with Crippen LogP contribution in [0.15, 0.2) is 36.0 Å². The van der Waals surface area contributed by atoms with Crippen LogP contribution in [-0.2, 0) is 17.8 Å². The molecule has 0 unspecified atom stereocenters. The van der Waals surface area contributed by atoms with Crippen molar-refractivity contribution < 1.29 is 9.18 Å². The van der Waals surface area contributed by atoms with Crippen molar-refractivity contribution in [2.75, 3.05) is 11.1 Å². The van der Waals surface area contributed by atoms with Crippen LogP contribution < -0.4 is 5.32 Å². The Kier molecular flexibility index (Phi) is 5.92. The van der Waals surface area contributed by atoms with Gasteiger partial charge in [-0.1, -0.05) is 30.8 Å². The summed E-state index contributed by atoms with van der Waals surface area (Å²) in [4.78, 5) is 12.0. The lowest BCUT2D eigenvalue weighted by molar-refractivity contribution is -0.113. The predicted molar refractivity (Wildman–Crippen MR) is 90.1 cm³/mol. The Morgan fingerprint density at radius 2 is 2.26 bits per heavy atom. The second kappa shape index (κ2) is 7.92. The van der Waals surface area contributed by atoms with Gasteiger partial charge in [0.1, 0.15) is 11.6 Å². The van der Waals surface area contributed by atoms with Crippen LogP contribution in [0.1, 0.15) is 18.3 Å². The first kappa shape index (κ1) is 17.2. The van der Waals surface area contributed by atoms with Crippen LogP contribution in [0, 0.1) is 12.7 Å². The number of hydrogen-bond acceptors (Lipinski definition) is 4. The molecule has 0 saturated heterocycles. The number of aryl methyl sites for hydroxylation is 2. The highest BCUT2D eigenvalue weighted by molar-refractivity contribution is 7.99. The lowest BCUT2D eigenvalue weighted by atomic mass is 10.2. The smallest absolute Gasteiger partial charge is 0.234 e. The van der Waals surface area contributed by atoms with Crippen molar-refractivity contribution in [3.63, 3.8) is 0 Å². The Balaban J connectivity index is 1.97. The number of nitrogens with zero attached hydrogens (tertiary/aromatic N) is 3. The van der Waals surface area contributed by atoms with Crippen molar-refractivity contribution >= 4 is 23.4 Å². The highest BCUT2D eigenvalue weighted by atomic mass is 32.2. The number of carbonyl (C=O) groups excluding carboxylic acids is 1. The Bertz CT molecular complexity index is 714. The Morgan fingerprint density at radius 1 is 1.48 bits per heavy atom. The van der Waals surface area contributed by atoms with Crippen molar-refractivity contribution in [1.29, 1.82) is 0 Å². The third-order valence-corrected chi connectivity index (χ3v) is 4.18. The van der Waals surface area contributed by atoms with Gasteiger partial charge < -0.3 is 9.88 Å². The van der Waals surface area contributed by atoms with Crippen LogP contribution in [0.25, 0.3) is 0 Å².